The molecule has 2 amide bonds. The maximum absolute atomic E-state index is 13.8. The van der Waals surface area contributed by atoms with Crippen LogP contribution in [-0.2, 0) is 26.2 Å². The van der Waals surface area contributed by atoms with Crippen molar-refractivity contribution in [1.82, 2.24) is 10.2 Å². The van der Waals surface area contributed by atoms with Crippen molar-refractivity contribution in [2.24, 2.45) is 0 Å². The number of carbonyl (C=O) groups excluding carboxylic acids is 2. The molecule has 1 aliphatic rings. The molecule has 36 heavy (non-hydrogen) atoms. The van der Waals surface area contributed by atoms with Crippen LogP contribution in [0.2, 0.25) is 0 Å². The lowest BCUT2D eigenvalue weighted by molar-refractivity contribution is -0.140. The van der Waals surface area contributed by atoms with Gasteiger partial charge in [-0.2, -0.15) is 0 Å². The normalized spacial score (nSPS) is 14.9. The van der Waals surface area contributed by atoms with Crippen molar-refractivity contribution in [3.05, 3.63) is 64.7 Å². The fourth-order valence-electron chi connectivity index (χ4n) is 5.00. The summed E-state index contributed by atoms with van der Waals surface area (Å²) in [6.45, 7) is 7.49. The second kappa shape index (κ2) is 11.9. The quantitative estimate of drug-likeness (QED) is 0.515. The van der Waals surface area contributed by atoms with E-state index < -0.39 is 22.0 Å². The van der Waals surface area contributed by atoms with Crippen LogP contribution < -0.4 is 9.62 Å². The summed E-state index contributed by atoms with van der Waals surface area (Å²) >= 11 is 0. The van der Waals surface area contributed by atoms with Crippen LogP contribution >= 0.6 is 0 Å². The van der Waals surface area contributed by atoms with Crippen molar-refractivity contribution in [1.29, 1.82) is 0 Å². The number of nitrogens with one attached hydrogen (secondary N) is 1. The molecule has 1 saturated carbocycles. The molecule has 2 aromatic carbocycles. The Morgan fingerprint density at radius 1 is 1.00 bits per heavy atom. The zero-order valence-corrected chi connectivity index (χ0v) is 22.9. The minimum Gasteiger partial charge on any atom is -0.352 e. The van der Waals surface area contributed by atoms with Crippen molar-refractivity contribution in [3.63, 3.8) is 0 Å². The zero-order valence-electron chi connectivity index (χ0n) is 22.1. The topological polar surface area (TPSA) is 86.8 Å². The summed E-state index contributed by atoms with van der Waals surface area (Å²) in [5, 5.41) is 3.13. The van der Waals surface area contributed by atoms with Crippen molar-refractivity contribution >= 4 is 27.5 Å². The van der Waals surface area contributed by atoms with Gasteiger partial charge in [-0.05, 0) is 68.9 Å². The minimum absolute atomic E-state index is 0.130. The molecule has 0 unspecified atom stereocenters. The van der Waals surface area contributed by atoms with E-state index in [-0.39, 0.29) is 25.0 Å². The predicted octanol–water partition coefficient (Wildman–Crippen LogP) is 4.24. The van der Waals surface area contributed by atoms with E-state index in [4.69, 9.17) is 0 Å². The maximum atomic E-state index is 13.8. The summed E-state index contributed by atoms with van der Waals surface area (Å²) in [4.78, 5) is 28.7. The Hall–Kier alpha value is -2.87. The number of aryl methyl sites for hydroxylation is 3. The van der Waals surface area contributed by atoms with Gasteiger partial charge in [0.15, 0.2) is 0 Å². The number of carbonyl (C=O) groups is 2. The molecular weight excluding hydrogens is 474 g/mol. The number of nitrogens with zero attached hydrogens (tertiary/aromatic N) is 2. The largest absolute Gasteiger partial charge is 0.352 e. The van der Waals surface area contributed by atoms with Crippen LogP contribution in [0.1, 0.15) is 61.3 Å². The molecule has 196 valence electrons. The van der Waals surface area contributed by atoms with Crippen LogP contribution in [0.4, 0.5) is 5.69 Å². The summed E-state index contributed by atoms with van der Waals surface area (Å²) in [5.74, 6) is -0.586. The SMILES string of the molecule is CC[C@@H](C(=O)NC1CCCC1)N(Cc1cccc(C)c1)C(=O)CN(c1cc(C)cc(C)c1)S(C)(=O)=O. The molecule has 1 aliphatic carbocycles. The number of sulfonamides is 1. The standard InChI is InChI=1S/C28H39N3O4S/c1-6-26(28(33)29-24-12-7-8-13-24)30(18-23-11-9-10-20(2)15-23)27(32)19-31(36(5,34)35)25-16-21(3)14-22(4)17-25/h9-11,14-17,24,26H,6-8,12-13,18-19H2,1-5H3,(H,29,33)/t26-/m0/s1. The minimum atomic E-state index is -3.75. The van der Waals surface area contributed by atoms with E-state index in [1.54, 1.807) is 17.0 Å². The van der Waals surface area contributed by atoms with Crippen LogP contribution in [0.5, 0.6) is 0 Å². The lowest BCUT2D eigenvalue weighted by Gasteiger charge is -2.33. The Bertz CT molecular complexity index is 1170. The monoisotopic (exact) mass is 513 g/mol. The summed E-state index contributed by atoms with van der Waals surface area (Å²) in [6.07, 6.45) is 5.61. The first-order chi connectivity index (χ1) is 17.0. The molecule has 0 aliphatic heterocycles. The van der Waals surface area contributed by atoms with Gasteiger partial charge >= 0.3 is 0 Å². The van der Waals surface area contributed by atoms with Gasteiger partial charge < -0.3 is 10.2 Å². The van der Waals surface area contributed by atoms with Crippen LogP contribution in [0.3, 0.4) is 0 Å². The molecular formula is C28H39N3O4S. The number of benzene rings is 2. The fraction of sp³-hybridized carbons (Fsp3) is 0.500. The van der Waals surface area contributed by atoms with Crippen LogP contribution in [-0.4, -0.2) is 50.0 Å². The Morgan fingerprint density at radius 3 is 2.19 bits per heavy atom. The third-order valence-electron chi connectivity index (χ3n) is 6.70. The second-order valence-electron chi connectivity index (χ2n) is 10.0. The molecule has 1 atom stereocenters. The van der Waals surface area contributed by atoms with Crippen LogP contribution in [0, 0.1) is 20.8 Å². The Kier molecular flexibility index (Phi) is 9.17. The van der Waals surface area contributed by atoms with Crippen molar-refractivity contribution in [2.75, 3.05) is 17.1 Å². The van der Waals surface area contributed by atoms with E-state index in [9.17, 15) is 18.0 Å². The van der Waals surface area contributed by atoms with E-state index in [2.05, 4.69) is 5.32 Å². The highest BCUT2D eigenvalue weighted by atomic mass is 32.2. The smallest absolute Gasteiger partial charge is 0.244 e. The third kappa shape index (κ3) is 7.32. The van der Waals surface area contributed by atoms with Gasteiger partial charge in [-0.1, -0.05) is 55.7 Å². The summed E-state index contributed by atoms with van der Waals surface area (Å²) < 4.78 is 26.7. The molecule has 2 aromatic rings. The van der Waals surface area contributed by atoms with E-state index in [0.29, 0.717) is 12.1 Å². The number of hydrogen-bond donors (Lipinski definition) is 1. The van der Waals surface area contributed by atoms with Crippen LogP contribution in [0.15, 0.2) is 42.5 Å². The highest BCUT2D eigenvalue weighted by molar-refractivity contribution is 7.92. The molecule has 0 aromatic heterocycles. The molecule has 1 N–H and O–H groups in total. The first-order valence-corrected chi connectivity index (χ1v) is 14.5. The van der Waals surface area contributed by atoms with Gasteiger partial charge in [-0.25, -0.2) is 8.42 Å². The first kappa shape index (κ1) is 27.7. The van der Waals surface area contributed by atoms with E-state index in [1.165, 1.54) is 0 Å². The van der Waals surface area contributed by atoms with Gasteiger partial charge in [-0.3, -0.25) is 13.9 Å². The van der Waals surface area contributed by atoms with E-state index >= 15 is 0 Å². The van der Waals surface area contributed by atoms with Gasteiger partial charge in [0, 0.05) is 12.6 Å². The molecule has 0 radical (unpaired) electrons. The van der Waals surface area contributed by atoms with Gasteiger partial charge in [0.05, 0.1) is 11.9 Å². The van der Waals surface area contributed by atoms with Gasteiger partial charge in [0.1, 0.15) is 12.6 Å². The van der Waals surface area contributed by atoms with Crippen molar-refractivity contribution < 1.29 is 18.0 Å². The van der Waals surface area contributed by atoms with Crippen molar-refractivity contribution in [2.45, 2.75) is 78.4 Å². The molecule has 7 nitrogen and oxygen atoms in total. The summed E-state index contributed by atoms with van der Waals surface area (Å²) in [5.41, 5.74) is 4.21. The lowest BCUT2D eigenvalue weighted by Crippen LogP contribution is -2.53. The highest BCUT2D eigenvalue weighted by Crippen LogP contribution is 2.23. The summed E-state index contributed by atoms with van der Waals surface area (Å²) in [7, 11) is -3.75. The van der Waals surface area contributed by atoms with E-state index in [1.807, 2.05) is 58.0 Å². The highest BCUT2D eigenvalue weighted by Gasteiger charge is 2.33. The number of rotatable bonds is 10. The molecule has 8 heteroatoms. The van der Waals surface area contributed by atoms with Crippen LogP contribution in [0.25, 0.3) is 0 Å². The van der Waals surface area contributed by atoms with E-state index in [0.717, 1.165) is 58.5 Å². The average molecular weight is 514 g/mol. The van der Waals surface area contributed by atoms with Gasteiger partial charge in [0.2, 0.25) is 21.8 Å². The zero-order chi connectivity index (χ0) is 26.5. The molecule has 0 saturated heterocycles. The Labute approximate surface area is 215 Å². The Morgan fingerprint density at radius 2 is 1.64 bits per heavy atom. The molecule has 0 spiro atoms. The van der Waals surface area contributed by atoms with Crippen molar-refractivity contribution in [3.8, 4) is 0 Å². The first-order valence-electron chi connectivity index (χ1n) is 12.7. The third-order valence-corrected chi connectivity index (χ3v) is 7.84. The van der Waals surface area contributed by atoms with Gasteiger partial charge in [0.25, 0.3) is 0 Å². The average Bonchev–Trinajstić information content (AvgIpc) is 3.28. The maximum Gasteiger partial charge on any atom is 0.244 e. The number of amides is 2. The Balaban J connectivity index is 1.94. The molecule has 0 heterocycles. The molecule has 3 rings (SSSR count). The molecule has 0 bridgehead atoms. The van der Waals surface area contributed by atoms with Gasteiger partial charge in [-0.15, -0.1) is 0 Å². The lowest BCUT2D eigenvalue weighted by atomic mass is 10.1. The predicted molar refractivity (Wildman–Crippen MR) is 144 cm³/mol. The molecule has 1 fully saturated rings. The summed E-state index contributed by atoms with van der Waals surface area (Å²) in [6, 6.07) is 12.7. The number of hydrogen-bond acceptors (Lipinski definition) is 4. The second-order valence-corrected chi connectivity index (χ2v) is 11.9. The number of anilines is 1. The fourth-order valence-corrected chi connectivity index (χ4v) is 5.84.